The van der Waals surface area contributed by atoms with Crippen LogP contribution in [0.5, 0.6) is 0 Å². The van der Waals surface area contributed by atoms with Gasteiger partial charge in [0.05, 0.1) is 24.3 Å². The predicted molar refractivity (Wildman–Crippen MR) is 105 cm³/mol. The first kappa shape index (κ1) is 20.6. The molecule has 0 amide bonds. The summed E-state index contributed by atoms with van der Waals surface area (Å²) < 4.78 is 0. The highest BCUT2D eigenvalue weighted by molar-refractivity contribution is 5.19. The molecule has 5 heteroatoms. The van der Waals surface area contributed by atoms with Gasteiger partial charge in [-0.1, -0.05) is 60.7 Å². The minimum Gasteiger partial charge on any atom is -0.387 e. The molecule has 26 heavy (non-hydrogen) atoms. The summed E-state index contributed by atoms with van der Waals surface area (Å²) in [6.45, 7) is 3.97. The van der Waals surface area contributed by atoms with Crippen LogP contribution in [-0.4, -0.2) is 58.6 Å². The van der Waals surface area contributed by atoms with Crippen molar-refractivity contribution in [2.75, 3.05) is 21.1 Å². The van der Waals surface area contributed by atoms with Gasteiger partial charge in [0.1, 0.15) is 0 Å². The summed E-state index contributed by atoms with van der Waals surface area (Å²) in [6, 6.07) is 19.1. The number of aliphatic hydroxyl groups excluding tert-OH is 2. The van der Waals surface area contributed by atoms with E-state index in [0.717, 1.165) is 11.1 Å². The van der Waals surface area contributed by atoms with Crippen molar-refractivity contribution < 1.29 is 10.2 Å². The molecule has 0 saturated heterocycles. The second-order valence-corrected chi connectivity index (χ2v) is 6.83. The molecule has 2 aromatic rings. The van der Waals surface area contributed by atoms with Crippen LogP contribution in [0.2, 0.25) is 0 Å². The van der Waals surface area contributed by atoms with Gasteiger partial charge in [-0.2, -0.15) is 5.12 Å². The summed E-state index contributed by atoms with van der Waals surface area (Å²) in [7, 11) is 5.81. The lowest BCUT2D eigenvalue weighted by atomic mass is 10.0. The molecule has 0 fully saturated rings. The monoisotopic (exact) mass is 357 g/mol. The predicted octanol–water partition coefficient (Wildman–Crippen LogP) is 2.86. The number of likely N-dealkylation sites (N-methyl/N-ethyl adjacent to an activating group) is 2. The van der Waals surface area contributed by atoms with E-state index in [-0.39, 0.29) is 12.1 Å². The zero-order chi connectivity index (χ0) is 19.3. The molecule has 0 spiro atoms. The average molecular weight is 357 g/mol. The lowest BCUT2D eigenvalue weighted by molar-refractivity contribution is -0.200. The largest absolute Gasteiger partial charge is 0.387 e. The third-order valence-electron chi connectivity index (χ3n) is 5.29. The lowest BCUT2D eigenvalue weighted by Crippen LogP contribution is -2.55. The Morgan fingerprint density at radius 1 is 0.615 bits per heavy atom. The second kappa shape index (κ2) is 9.26. The van der Waals surface area contributed by atoms with E-state index in [1.165, 1.54) is 0 Å². The number of hydrazine groups is 2. The Kier molecular flexibility index (Phi) is 7.32. The Labute approximate surface area is 157 Å². The number of hydrogen-bond acceptors (Lipinski definition) is 5. The van der Waals surface area contributed by atoms with Gasteiger partial charge in [0.25, 0.3) is 0 Å². The number of benzene rings is 2. The van der Waals surface area contributed by atoms with Crippen LogP contribution in [0.25, 0.3) is 0 Å². The van der Waals surface area contributed by atoms with Gasteiger partial charge < -0.3 is 10.2 Å². The van der Waals surface area contributed by atoms with Gasteiger partial charge >= 0.3 is 0 Å². The Bertz CT molecular complexity index is 595. The minimum absolute atomic E-state index is 0.133. The zero-order valence-electron chi connectivity index (χ0n) is 16.3. The van der Waals surface area contributed by atoms with Crippen molar-refractivity contribution >= 4 is 0 Å². The molecular formula is C21H31N3O2. The molecule has 5 nitrogen and oxygen atoms in total. The van der Waals surface area contributed by atoms with E-state index in [1.807, 2.05) is 111 Å². The fraction of sp³-hybridized carbons (Fsp3) is 0.429. The summed E-state index contributed by atoms with van der Waals surface area (Å²) in [4.78, 5) is 0. The van der Waals surface area contributed by atoms with E-state index in [0.29, 0.717) is 0 Å². The van der Waals surface area contributed by atoms with E-state index >= 15 is 0 Å². The maximum Gasteiger partial charge on any atom is 0.0956 e. The highest BCUT2D eigenvalue weighted by Crippen LogP contribution is 2.24. The van der Waals surface area contributed by atoms with Crippen molar-refractivity contribution in [2.24, 2.45) is 0 Å². The first-order chi connectivity index (χ1) is 12.3. The third-order valence-corrected chi connectivity index (χ3v) is 5.29. The number of aliphatic hydroxyl groups is 2. The van der Waals surface area contributed by atoms with Crippen LogP contribution in [0.15, 0.2) is 60.7 Å². The molecule has 0 saturated carbocycles. The average Bonchev–Trinajstić information content (AvgIpc) is 2.71. The quantitative estimate of drug-likeness (QED) is 0.712. The number of hydrogen-bond donors (Lipinski definition) is 2. The maximum atomic E-state index is 10.7. The van der Waals surface area contributed by atoms with Gasteiger partial charge in [0.2, 0.25) is 0 Å². The van der Waals surface area contributed by atoms with Gasteiger partial charge in [-0.25, -0.2) is 10.0 Å². The molecule has 142 valence electrons. The van der Waals surface area contributed by atoms with E-state index < -0.39 is 12.2 Å². The van der Waals surface area contributed by atoms with Crippen molar-refractivity contribution in [1.29, 1.82) is 0 Å². The molecule has 0 aliphatic heterocycles. The Hall–Kier alpha value is -1.76. The molecule has 0 radical (unpaired) electrons. The fourth-order valence-electron chi connectivity index (χ4n) is 3.02. The van der Waals surface area contributed by atoms with Crippen LogP contribution in [0.3, 0.4) is 0 Å². The fourth-order valence-corrected chi connectivity index (χ4v) is 3.02. The van der Waals surface area contributed by atoms with Crippen molar-refractivity contribution in [3.8, 4) is 0 Å². The third kappa shape index (κ3) is 4.69. The summed E-state index contributed by atoms with van der Waals surface area (Å²) in [5, 5.41) is 27.3. The summed E-state index contributed by atoms with van der Waals surface area (Å²) >= 11 is 0. The first-order valence-corrected chi connectivity index (χ1v) is 8.99. The molecule has 0 aliphatic rings. The van der Waals surface area contributed by atoms with Crippen LogP contribution in [0, 0.1) is 0 Å². The molecule has 2 rings (SSSR count). The van der Waals surface area contributed by atoms with Crippen molar-refractivity contribution in [1.82, 2.24) is 15.1 Å². The molecule has 0 aliphatic carbocycles. The Morgan fingerprint density at radius 3 is 1.23 bits per heavy atom. The first-order valence-electron chi connectivity index (χ1n) is 8.99. The highest BCUT2D eigenvalue weighted by atomic mass is 16.3. The van der Waals surface area contributed by atoms with Crippen LogP contribution in [0.1, 0.15) is 37.2 Å². The summed E-state index contributed by atoms with van der Waals surface area (Å²) in [5.74, 6) is 0. The van der Waals surface area contributed by atoms with Crippen molar-refractivity contribution in [3.05, 3.63) is 71.8 Å². The van der Waals surface area contributed by atoms with Crippen molar-refractivity contribution in [2.45, 2.75) is 38.1 Å². The van der Waals surface area contributed by atoms with Gasteiger partial charge in [0, 0.05) is 21.1 Å². The topological polar surface area (TPSA) is 50.2 Å². The zero-order valence-corrected chi connectivity index (χ0v) is 16.3. The normalized spacial score (nSPS) is 16.7. The molecular weight excluding hydrogens is 326 g/mol. The summed E-state index contributed by atoms with van der Waals surface area (Å²) in [5.41, 5.74) is 1.78. The SMILES string of the molecule is CC(C(O)c1ccccc1)N(C)N(C)N(C)C(C)C(O)c1ccccc1. The molecule has 0 aromatic heterocycles. The molecule has 2 N–H and O–H groups in total. The van der Waals surface area contributed by atoms with Crippen LogP contribution in [0.4, 0.5) is 0 Å². The standard InChI is InChI=1S/C21H31N3O2/c1-16(20(25)18-12-8-6-9-13-18)22(3)24(5)23(4)17(2)21(26)19-14-10-7-11-15-19/h6-17,20-21,25-26H,1-5H3. The molecule has 0 bridgehead atoms. The van der Waals surface area contributed by atoms with Crippen LogP contribution < -0.4 is 0 Å². The van der Waals surface area contributed by atoms with E-state index in [1.54, 1.807) is 0 Å². The van der Waals surface area contributed by atoms with Crippen LogP contribution in [-0.2, 0) is 0 Å². The van der Waals surface area contributed by atoms with Gasteiger partial charge in [-0.3, -0.25) is 0 Å². The van der Waals surface area contributed by atoms with Crippen LogP contribution >= 0.6 is 0 Å². The summed E-state index contributed by atoms with van der Waals surface area (Å²) in [6.07, 6.45) is -1.21. The minimum atomic E-state index is -0.605. The van der Waals surface area contributed by atoms with Gasteiger partial charge in [-0.15, -0.1) is 0 Å². The van der Waals surface area contributed by atoms with E-state index in [4.69, 9.17) is 0 Å². The number of nitrogens with zero attached hydrogens (tertiary/aromatic N) is 3. The molecule has 0 heterocycles. The second-order valence-electron chi connectivity index (χ2n) is 6.83. The molecule has 2 aromatic carbocycles. The van der Waals surface area contributed by atoms with Crippen molar-refractivity contribution in [3.63, 3.8) is 0 Å². The van der Waals surface area contributed by atoms with E-state index in [2.05, 4.69) is 0 Å². The van der Waals surface area contributed by atoms with E-state index in [9.17, 15) is 10.2 Å². The lowest BCUT2D eigenvalue weighted by Gasteiger charge is -2.43. The van der Waals surface area contributed by atoms with Gasteiger partial charge in [0.15, 0.2) is 0 Å². The Morgan fingerprint density at radius 2 is 0.923 bits per heavy atom. The highest BCUT2D eigenvalue weighted by Gasteiger charge is 2.29. The number of rotatable bonds is 8. The Balaban J connectivity index is 2.05. The van der Waals surface area contributed by atoms with Gasteiger partial charge in [-0.05, 0) is 25.0 Å². The molecule has 4 atom stereocenters. The smallest absolute Gasteiger partial charge is 0.0956 e. The maximum absolute atomic E-state index is 10.7. The molecule has 4 unspecified atom stereocenters.